The highest BCUT2D eigenvalue weighted by atomic mass is 32.2. The Labute approximate surface area is 217 Å². The highest BCUT2D eigenvalue weighted by Crippen LogP contribution is 2.32. The number of amides is 2. The molecule has 0 N–H and O–H groups in total. The van der Waals surface area contributed by atoms with Crippen LogP contribution in [0, 0.1) is 6.92 Å². The predicted molar refractivity (Wildman–Crippen MR) is 145 cm³/mol. The maximum atomic E-state index is 13.5. The van der Waals surface area contributed by atoms with Gasteiger partial charge in [-0.1, -0.05) is 54.6 Å². The molecule has 0 atom stereocenters. The first-order chi connectivity index (χ1) is 17.6. The van der Waals surface area contributed by atoms with Crippen LogP contribution in [-0.2, 0) is 17.9 Å². The molecule has 0 unspecified atom stereocenters. The van der Waals surface area contributed by atoms with Gasteiger partial charge in [-0.25, -0.2) is 0 Å². The summed E-state index contributed by atoms with van der Waals surface area (Å²) in [6.45, 7) is 4.66. The molecule has 0 aliphatic carbocycles. The van der Waals surface area contributed by atoms with Crippen molar-refractivity contribution in [3.8, 4) is 0 Å². The Hall–Kier alpha value is -3.38. The number of aryl methyl sites for hydroxylation is 1. The first kappa shape index (κ1) is 24.3. The second-order valence-corrected chi connectivity index (χ2v) is 10.4. The van der Waals surface area contributed by atoms with E-state index in [-0.39, 0.29) is 17.7 Å². The summed E-state index contributed by atoms with van der Waals surface area (Å²) >= 11 is 1.53. The minimum atomic E-state index is 0.0498. The van der Waals surface area contributed by atoms with Crippen LogP contribution in [0.15, 0.2) is 72.1 Å². The Morgan fingerprint density at radius 1 is 0.917 bits per heavy atom. The molecule has 36 heavy (non-hydrogen) atoms. The molecule has 184 valence electrons. The zero-order chi connectivity index (χ0) is 24.9. The summed E-state index contributed by atoms with van der Waals surface area (Å²) < 4.78 is 0. The number of piperidine rings is 1. The summed E-state index contributed by atoms with van der Waals surface area (Å²) in [6.07, 6.45) is 3.69. The number of thioether (sulfide) groups is 1. The lowest BCUT2D eigenvalue weighted by atomic mass is 9.89. The van der Waals surface area contributed by atoms with Crippen LogP contribution in [-0.4, -0.2) is 45.4 Å². The van der Waals surface area contributed by atoms with Gasteiger partial charge < -0.3 is 9.80 Å². The number of pyridine rings is 1. The van der Waals surface area contributed by atoms with Gasteiger partial charge in [-0.15, -0.1) is 11.8 Å². The molecule has 0 radical (unpaired) electrons. The Morgan fingerprint density at radius 3 is 2.28 bits per heavy atom. The van der Waals surface area contributed by atoms with E-state index in [2.05, 4.69) is 12.1 Å². The number of hydrogen-bond donors (Lipinski definition) is 0. The molecule has 0 bridgehead atoms. The maximum absolute atomic E-state index is 13.5. The molecule has 5 rings (SSSR count). The van der Waals surface area contributed by atoms with E-state index in [0.717, 1.165) is 29.8 Å². The number of benzene rings is 2. The summed E-state index contributed by atoms with van der Waals surface area (Å²) in [6, 6.07) is 22.2. The van der Waals surface area contributed by atoms with Crippen LogP contribution in [0.2, 0.25) is 0 Å². The predicted octanol–water partition coefficient (Wildman–Crippen LogP) is 5.66. The van der Waals surface area contributed by atoms with Gasteiger partial charge in [-0.3, -0.25) is 14.6 Å². The molecule has 6 heteroatoms. The highest BCUT2D eigenvalue weighted by molar-refractivity contribution is 8.02. The number of carbonyl (C=O) groups excluding carboxylic acids is 2. The van der Waals surface area contributed by atoms with E-state index in [0.29, 0.717) is 37.5 Å². The van der Waals surface area contributed by atoms with E-state index in [1.165, 1.54) is 22.9 Å². The minimum Gasteiger partial charge on any atom is -0.342 e. The average molecular weight is 498 g/mol. The number of hydrogen-bond acceptors (Lipinski definition) is 4. The molecule has 3 heterocycles. The molecule has 0 saturated carbocycles. The largest absolute Gasteiger partial charge is 0.342 e. The number of nitrogens with zero attached hydrogens (tertiary/aromatic N) is 3. The minimum absolute atomic E-state index is 0.0498. The van der Waals surface area contributed by atoms with Crippen molar-refractivity contribution in [1.29, 1.82) is 0 Å². The monoisotopic (exact) mass is 497 g/mol. The van der Waals surface area contributed by atoms with E-state index in [9.17, 15) is 9.59 Å². The van der Waals surface area contributed by atoms with E-state index in [4.69, 9.17) is 4.98 Å². The molecular weight excluding hydrogens is 466 g/mol. The zero-order valence-electron chi connectivity index (χ0n) is 20.6. The van der Waals surface area contributed by atoms with Gasteiger partial charge in [0.15, 0.2) is 0 Å². The van der Waals surface area contributed by atoms with Gasteiger partial charge in [-0.05, 0) is 60.1 Å². The van der Waals surface area contributed by atoms with Crippen LogP contribution in [0.3, 0.4) is 0 Å². The molecule has 2 amide bonds. The summed E-state index contributed by atoms with van der Waals surface area (Å²) in [5, 5.41) is 1.99. The quantitative estimate of drug-likeness (QED) is 0.441. The van der Waals surface area contributed by atoms with Crippen LogP contribution >= 0.6 is 11.8 Å². The Morgan fingerprint density at radius 2 is 1.58 bits per heavy atom. The summed E-state index contributed by atoms with van der Waals surface area (Å²) in [5.74, 6) is 0.840. The smallest absolute Gasteiger partial charge is 0.256 e. The molecule has 1 aromatic heterocycles. The van der Waals surface area contributed by atoms with Crippen LogP contribution in [0.5, 0.6) is 0 Å². The van der Waals surface area contributed by atoms with Crippen molar-refractivity contribution in [1.82, 2.24) is 14.8 Å². The first-order valence-electron chi connectivity index (χ1n) is 12.5. The normalized spacial score (nSPS) is 15.9. The van der Waals surface area contributed by atoms with Crippen LogP contribution in [0.25, 0.3) is 6.08 Å². The first-order valence-corrected chi connectivity index (χ1v) is 13.6. The number of fused-ring (bicyclic) bond motifs is 1. The SMILES string of the molecule is Cc1ccc(C(=O)N2Cc3ccccc3C2)c(C2CCN(C(=O)CSC=Cc3ccccc3)CC2)n1. The fourth-order valence-electron chi connectivity index (χ4n) is 5.02. The molecular formula is C30H31N3O2S. The molecule has 1 saturated heterocycles. The summed E-state index contributed by atoms with van der Waals surface area (Å²) in [5.41, 5.74) is 6.09. The maximum Gasteiger partial charge on any atom is 0.256 e. The third-order valence-corrected chi connectivity index (χ3v) is 7.76. The lowest BCUT2D eigenvalue weighted by molar-refractivity contribution is -0.129. The summed E-state index contributed by atoms with van der Waals surface area (Å²) in [7, 11) is 0. The van der Waals surface area contributed by atoms with E-state index >= 15 is 0 Å². The van der Waals surface area contributed by atoms with Crippen molar-refractivity contribution >= 4 is 29.7 Å². The molecule has 3 aromatic rings. The van der Waals surface area contributed by atoms with E-state index in [1.54, 1.807) is 0 Å². The average Bonchev–Trinajstić information content (AvgIpc) is 3.36. The van der Waals surface area contributed by atoms with Gasteiger partial charge >= 0.3 is 0 Å². The third-order valence-electron chi connectivity index (χ3n) is 7.02. The van der Waals surface area contributed by atoms with Gasteiger partial charge in [0.25, 0.3) is 5.91 Å². The lowest BCUT2D eigenvalue weighted by Gasteiger charge is -2.32. The van der Waals surface area contributed by atoms with Crippen molar-refractivity contribution in [2.45, 2.75) is 38.8 Å². The topological polar surface area (TPSA) is 53.5 Å². The Balaban J connectivity index is 1.19. The van der Waals surface area contributed by atoms with Crippen LogP contribution in [0.1, 0.15) is 57.2 Å². The van der Waals surface area contributed by atoms with Gasteiger partial charge in [-0.2, -0.15) is 0 Å². The standard InChI is InChI=1S/C30H31N3O2S/c1-22-11-12-27(30(35)33-19-25-9-5-6-10-26(25)20-33)29(31-22)24-13-16-32(17-14-24)28(34)21-36-18-15-23-7-3-2-4-8-23/h2-12,15,18,24H,13-14,16-17,19-21H2,1H3. The number of likely N-dealkylation sites (tertiary alicyclic amines) is 1. The van der Waals surface area contributed by atoms with Crippen molar-refractivity contribution in [3.05, 3.63) is 106 Å². The van der Waals surface area contributed by atoms with Gasteiger partial charge in [0.1, 0.15) is 0 Å². The molecule has 2 aromatic carbocycles. The third kappa shape index (κ3) is 5.54. The van der Waals surface area contributed by atoms with Crippen molar-refractivity contribution < 1.29 is 9.59 Å². The van der Waals surface area contributed by atoms with Crippen molar-refractivity contribution in [2.24, 2.45) is 0 Å². The Bertz CT molecular complexity index is 1240. The second-order valence-electron chi connectivity index (χ2n) is 9.49. The molecule has 2 aliphatic rings. The van der Waals surface area contributed by atoms with Crippen molar-refractivity contribution in [3.63, 3.8) is 0 Å². The zero-order valence-corrected chi connectivity index (χ0v) is 21.4. The Kier molecular flexibility index (Phi) is 7.52. The van der Waals surface area contributed by atoms with E-state index < -0.39 is 0 Å². The van der Waals surface area contributed by atoms with Crippen LogP contribution in [0.4, 0.5) is 0 Å². The van der Waals surface area contributed by atoms with E-state index in [1.807, 2.05) is 82.8 Å². The molecule has 1 fully saturated rings. The van der Waals surface area contributed by atoms with Gasteiger partial charge in [0.05, 0.1) is 17.0 Å². The molecule has 5 nitrogen and oxygen atoms in total. The molecule has 2 aliphatic heterocycles. The number of carbonyl (C=O) groups is 2. The lowest BCUT2D eigenvalue weighted by Crippen LogP contribution is -2.39. The number of aromatic nitrogens is 1. The second kappa shape index (κ2) is 11.1. The summed E-state index contributed by atoms with van der Waals surface area (Å²) in [4.78, 5) is 35.0. The number of rotatable bonds is 6. The van der Waals surface area contributed by atoms with Crippen molar-refractivity contribution in [2.75, 3.05) is 18.8 Å². The van der Waals surface area contributed by atoms with Crippen LogP contribution < -0.4 is 0 Å². The highest BCUT2D eigenvalue weighted by Gasteiger charge is 2.31. The molecule has 0 spiro atoms. The van der Waals surface area contributed by atoms with Gasteiger partial charge in [0.2, 0.25) is 5.91 Å². The van der Waals surface area contributed by atoms with Gasteiger partial charge in [0, 0.05) is 37.8 Å². The fraction of sp³-hybridized carbons (Fsp3) is 0.300. The fourth-order valence-corrected chi connectivity index (χ4v) is 5.69.